The summed E-state index contributed by atoms with van der Waals surface area (Å²) in [5.41, 5.74) is 0.625. The number of rotatable bonds is 3. The molecule has 10 heteroatoms. The van der Waals surface area contributed by atoms with Crippen LogP contribution in [-0.4, -0.2) is 55.9 Å². The summed E-state index contributed by atoms with van der Waals surface area (Å²) in [6, 6.07) is 3.29. The van der Waals surface area contributed by atoms with Crippen molar-refractivity contribution < 1.29 is 31.8 Å². The molecule has 0 saturated carbocycles. The predicted octanol–water partition coefficient (Wildman–Crippen LogP) is -0.584. The van der Waals surface area contributed by atoms with Gasteiger partial charge in [-0.05, 0) is 24.6 Å². The fourth-order valence-corrected chi connectivity index (χ4v) is 3.10. The number of amides is 4. The predicted molar refractivity (Wildman–Crippen MR) is 90.8 cm³/mol. The average Bonchev–Trinajstić information content (AvgIpc) is 2.82. The van der Waals surface area contributed by atoms with Crippen LogP contribution in [0.2, 0.25) is 0 Å². The molecule has 140 valence electrons. The van der Waals surface area contributed by atoms with Crippen molar-refractivity contribution in [2.75, 3.05) is 12.9 Å². The highest BCUT2D eigenvalue weighted by Gasteiger charge is 2.44. The summed E-state index contributed by atoms with van der Waals surface area (Å²) in [6.45, 7) is -0.342. The van der Waals surface area contributed by atoms with Gasteiger partial charge < -0.3 is 0 Å². The Morgan fingerprint density at radius 1 is 1.19 bits per heavy atom. The Labute approximate surface area is 154 Å². The van der Waals surface area contributed by atoms with Gasteiger partial charge in [-0.3, -0.25) is 33.6 Å². The average molecular weight is 390 g/mol. The van der Waals surface area contributed by atoms with Gasteiger partial charge in [0.2, 0.25) is 11.8 Å². The Morgan fingerprint density at radius 3 is 2.56 bits per heavy atom. The summed E-state index contributed by atoms with van der Waals surface area (Å²) >= 11 is 0. The summed E-state index contributed by atoms with van der Waals surface area (Å²) in [4.78, 5) is 49.3. The molecule has 1 unspecified atom stereocenters. The van der Waals surface area contributed by atoms with Crippen molar-refractivity contribution in [2.24, 2.45) is 0 Å². The van der Waals surface area contributed by atoms with E-state index in [-0.39, 0.29) is 30.6 Å². The first kappa shape index (κ1) is 18.8. The lowest BCUT2D eigenvalue weighted by Crippen LogP contribution is -2.54. The summed E-state index contributed by atoms with van der Waals surface area (Å²) < 4.78 is 26.3. The standard InChI is InChI=1S/C17H14N2O7S/c1-27(24,25)26-8-2-3-10-4-5-11-12(9-10)17(23)19(16(11)22)13-6-7-14(20)18-15(13)21/h4-5,9,13H,6-8H2,1H3,(H,18,20,21). The Balaban J connectivity index is 1.82. The molecule has 1 atom stereocenters. The van der Waals surface area contributed by atoms with Gasteiger partial charge in [-0.2, -0.15) is 8.42 Å². The number of nitrogens with zero attached hydrogens (tertiary/aromatic N) is 1. The molecule has 1 N–H and O–H groups in total. The van der Waals surface area contributed by atoms with Crippen LogP contribution in [0.25, 0.3) is 0 Å². The molecule has 9 nitrogen and oxygen atoms in total. The number of hydrogen-bond acceptors (Lipinski definition) is 7. The number of imide groups is 2. The lowest BCUT2D eigenvalue weighted by molar-refractivity contribution is -0.136. The van der Waals surface area contributed by atoms with E-state index in [0.717, 1.165) is 11.2 Å². The molecule has 0 aromatic heterocycles. The quantitative estimate of drug-likeness (QED) is 0.415. The van der Waals surface area contributed by atoms with Gasteiger partial charge in [0.25, 0.3) is 21.9 Å². The number of benzene rings is 1. The lowest BCUT2D eigenvalue weighted by atomic mass is 10.0. The number of nitrogens with one attached hydrogen (secondary N) is 1. The molecule has 2 heterocycles. The van der Waals surface area contributed by atoms with Gasteiger partial charge in [-0.25, -0.2) is 0 Å². The van der Waals surface area contributed by atoms with Crippen LogP contribution in [0, 0.1) is 11.8 Å². The minimum atomic E-state index is -3.60. The van der Waals surface area contributed by atoms with E-state index in [0.29, 0.717) is 5.56 Å². The molecule has 4 amide bonds. The maximum Gasteiger partial charge on any atom is 0.265 e. The molecule has 3 rings (SSSR count). The van der Waals surface area contributed by atoms with Crippen molar-refractivity contribution in [1.82, 2.24) is 10.2 Å². The van der Waals surface area contributed by atoms with Crippen molar-refractivity contribution in [3.63, 3.8) is 0 Å². The Hall–Kier alpha value is -3.03. The molecule has 0 radical (unpaired) electrons. The summed E-state index contributed by atoms with van der Waals surface area (Å²) in [7, 11) is -3.60. The zero-order valence-electron chi connectivity index (χ0n) is 14.1. The second kappa shape index (κ2) is 6.94. The van der Waals surface area contributed by atoms with Gasteiger partial charge >= 0.3 is 0 Å². The molecule has 1 aromatic carbocycles. The second-order valence-electron chi connectivity index (χ2n) is 5.98. The molecule has 27 heavy (non-hydrogen) atoms. The largest absolute Gasteiger partial charge is 0.295 e. The monoisotopic (exact) mass is 390 g/mol. The lowest BCUT2D eigenvalue weighted by Gasteiger charge is -2.27. The van der Waals surface area contributed by atoms with Crippen LogP contribution < -0.4 is 5.32 Å². The summed E-state index contributed by atoms with van der Waals surface area (Å²) in [6.07, 6.45) is 1.02. The first-order valence-electron chi connectivity index (χ1n) is 7.86. The van der Waals surface area contributed by atoms with Crippen molar-refractivity contribution >= 4 is 33.7 Å². The van der Waals surface area contributed by atoms with E-state index in [4.69, 9.17) is 0 Å². The molecule has 2 aliphatic rings. The van der Waals surface area contributed by atoms with Crippen molar-refractivity contribution in [2.45, 2.75) is 18.9 Å². The first-order valence-corrected chi connectivity index (χ1v) is 9.68. The van der Waals surface area contributed by atoms with Gasteiger partial charge in [0.1, 0.15) is 12.6 Å². The van der Waals surface area contributed by atoms with Crippen LogP contribution in [0.3, 0.4) is 0 Å². The zero-order chi connectivity index (χ0) is 19.8. The van der Waals surface area contributed by atoms with Crippen molar-refractivity contribution in [3.8, 4) is 11.8 Å². The molecule has 1 aromatic rings. The maximum atomic E-state index is 12.6. The zero-order valence-corrected chi connectivity index (χ0v) is 15.0. The highest BCUT2D eigenvalue weighted by molar-refractivity contribution is 7.86. The number of hydrogen-bond donors (Lipinski definition) is 1. The van der Waals surface area contributed by atoms with E-state index < -0.39 is 39.8 Å². The smallest absolute Gasteiger partial charge is 0.265 e. The highest BCUT2D eigenvalue weighted by atomic mass is 32.2. The number of carbonyl (C=O) groups excluding carboxylic acids is 4. The van der Waals surface area contributed by atoms with Gasteiger partial charge in [-0.15, -0.1) is 0 Å². The van der Waals surface area contributed by atoms with Crippen molar-refractivity contribution in [3.05, 3.63) is 34.9 Å². The van der Waals surface area contributed by atoms with Crippen molar-refractivity contribution in [1.29, 1.82) is 0 Å². The summed E-state index contributed by atoms with van der Waals surface area (Å²) in [5, 5.41) is 2.12. The second-order valence-corrected chi connectivity index (χ2v) is 7.62. The van der Waals surface area contributed by atoms with Gasteiger partial charge in [0, 0.05) is 12.0 Å². The molecule has 0 bridgehead atoms. The van der Waals surface area contributed by atoms with Crippen LogP contribution in [0.4, 0.5) is 0 Å². The molecular formula is C17H14N2O7S. The minimum absolute atomic E-state index is 0.0425. The van der Waals surface area contributed by atoms with Gasteiger partial charge in [-0.1, -0.05) is 11.8 Å². The molecule has 0 aliphatic carbocycles. The van der Waals surface area contributed by atoms with Gasteiger partial charge in [0.15, 0.2) is 0 Å². The van der Waals surface area contributed by atoms with E-state index >= 15 is 0 Å². The Bertz CT molecular complexity index is 1030. The Kier molecular flexibility index (Phi) is 4.82. The van der Waals surface area contributed by atoms with Crippen LogP contribution in [0.1, 0.15) is 39.1 Å². The first-order chi connectivity index (χ1) is 12.7. The fourth-order valence-electron chi connectivity index (χ4n) is 2.82. The van der Waals surface area contributed by atoms with Crippen LogP contribution >= 0.6 is 0 Å². The molecule has 0 spiro atoms. The third-order valence-electron chi connectivity index (χ3n) is 4.02. The third kappa shape index (κ3) is 3.89. The maximum absolute atomic E-state index is 12.6. The van der Waals surface area contributed by atoms with E-state index in [1.165, 1.54) is 18.2 Å². The number of piperidine rings is 1. The molecule has 1 saturated heterocycles. The normalized spacial score (nSPS) is 19.4. The van der Waals surface area contributed by atoms with Crippen LogP contribution in [0.5, 0.6) is 0 Å². The minimum Gasteiger partial charge on any atom is -0.295 e. The van der Waals surface area contributed by atoms with Crippen LogP contribution in [-0.2, 0) is 23.9 Å². The van der Waals surface area contributed by atoms with Crippen LogP contribution in [0.15, 0.2) is 18.2 Å². The highest BCUT2D eigenvalue weighted by Crippen LogP contribution is 2.28. The van der Waals surface area contributed by atoms with E-state index in [2.05, 4.69) is 21.3 Å². The van der Waals surface area contributed by atoms with E-state index in [1.807, 2.05) is 0 Å². The summed E-state index contributed by atoms with van der Waals surface area (Å²) in [5.74, 6) is 2.77. The number of fused-ring (bicyclic) bond motifs is 1. The van der Waals surface area contributed by atoms with E-state index in [9.17, 15) is 27.6 Å². The third-order valence-corrected chi connectivity index (χ3v) is 4.56. The topological polar surface area (TPSA) is 127 Å². The Morgan fingerprint density at radius 2 is 1.89 bits per heavy atom. The molecular weight excluding hydrogens is 376 g/mol. The van der Waals surface area contributed by atoms with Gasteiger partial charge in [0.05, 0.1) is 17.4 Å². The number of carbonyl (C=O) groups is 4. The molecule has 1 fully saturated rings. The SMILES string of the molecule is CS(=O)(=O)OCC#Cc1ccc2c(c1)C(=O)N(C1CCC(=O)NC1=O)C2=O. The fraction of sp³-hybridized carbons (Fsp3) is 0.294. The van der Waals surface area contributed by atoms with E-state index in [1.54, 1.807) is 0 Å². The molecule has 2 aliphatic heterocycles.